The van der Waals surface area contributed by atoms with Gasteiger partial charge in [0.05, 0.1) is 11.4 Å². The molecule has 0 aliphatic heterocycles. The first-order valence-electron chi connectivity index (χ1n) is 6.29. The molecule has 20 heavy (non-hydrogen) atoms. The fourth-order valence-corrected chi connectivity index (χ4v) is 1.72. The number of halogens is 3. The second kappa shape index (κ2) is 6.04. The molecule has 0 aliphatic carbocycles. The molecule has 0 spiro atoms. The van der Waals surface area contributed by atoms with Gasteiger partial charge in [-0.1, -0.05) is 6.92 Å². The molecule has 0 fully saturated rings. The van der Waals surface area contributed by atoms with E-state index in [0.29, 0.717) is 12.2 Å². The van der Waals surface area contributed by atoms with Gasteiger partial charge >= 0.3 is 6.18 Å². The summed E-state index contributed by atoms with van der Waals surface area (Å²) in [4.78, 5) is 4.17. The summed E-state index contributed by atoms with van der Waals surface area (Å²) >= 11 is 0. The van der Waals surface area contributed by atoms with Crippen LogP contribution in [-0.2, 0) is 12.7 Å². The summed E-state index contributed by atoms with van der Waals surface area (Å²) in [6, 6.07) is 4.29. The lowest BCUT2D eigenvalue weighted by atomic mass is 10.3. The smallest absolute Gasteiger partial charge is 0.311 e. The van der Waals surface area contributed by atoms with Crippen LogP contribution >= 0.6 is 0 Å². The number of pyridine rings is 1. The van der Waals surface area contributed by atoms with Gasteiger partial charge < -0.3 is 5.32 Å². The van der Waals surface area contributed by atoms with Crippen LogP contribution in [0.4, 0.5) is 13.2 Å². The maximum absolute atomic E-state index is 12.5. The molecule has 7 heteroatoms. The highest BCUT2D eigenvalue weighted by Crippen LogP contribution is 2.27. The highest BCUT2D eigenvalue weighted by Gasteiger charge is 2.33. The zero-order chi connectivity index (χ0) is 14.6. The Bertz CT molecular complexity index is 563. The Kier molecular flexibility index (Phi) is 4.39. The third-order valence-electron chi connectivity index (χ3n) is 2.68. The Morgan fingerprint density at radius 1 is 1.30 bits per heavy atom. The first-order chi connectivity index (χ1) is 9.50. The summed E-state index contributed by atoms with van der Waals surface area (Å²) in [7, 11) is 0. The monoisotopic (exact) mass is 284 g/mol. The second-order valence-corrected chi connectivity index (χ2v) is 4.33. The van der Waals surface area contributed by atoms with E-state index in [0.717, 1.165) is 24.7 Å². The standard InChI is InChI=1S/C13H15F3N4/c1-2-5-17-9-10-8-11(3-6-18-10)20-7-4-12(19-20)13(14,15)16/h3-4,6-8,17H,2,5,9H2,1H3. The summed E-state index contributed by atoms with van der Waals surface area (Å²) in [5, 5.41) is 6.72. The number of aromatic nitrogens is 3. The third kappa shape index (κ3) is 3.57. The van der Waals surface area contributed by atoms with Crippen molar-refractivity contribution in [3.8, 4) is 5.69 Å². The van der Waals surface area contributed by atoms with Crippen LogP contribution in [0.3, 0.4) is 0 Å². The van der Waals surface area contributed by atoms with Gasteiger partial charge in [0, 0.05) is 18.9 Å². The van der Waals surface area contributed by atoms with Crippen LogP contribution in [0.1, 0.15) is 24.7 Å². The molecule has 0 amide bonds. The van der Waals surface area contributed by atoms with Gasteiger partial charge in [-0.3, -0.25) is 4.98 Å². The van der Waals surface area contributed by atoms with Crippen molar-refractivity contribution in [2.24, 2.45) is 0 Å². The zero-order valence-corrected chi connectivity index (χ0v) is 11.0. The van der Waals surface area contributed by atoms with E-state index in [1.54, 1.807) is 18.3 Å². The Balaban J connectivity index is 2.16. The second-order valence-electron chi connectivity index (χ2n) is 4.33. The predicted octanol–water partition coefficient (Wildman–Crippen LogP) is 2.79. The van der Waals surface area contributed by atoms with Gasteiger partial charge in [0.2, 0.25) is 0 Å². The van der Waals surface area contributed by atoms with Crippen molar-refractivity contribution in [2.75, 3.05) is 6.54 Å². The minimum atomic E-state index is -4.43. The summed E-state index contributed by atoms with van der Waals surface area (Å²) < 4.78 is 38.7. The molecule has 0 bridgehead atoms. The van der Waals surface area contributed by atoms with E-state index in [1.165, 1.54) is 10.9 Å². The average molecular weight is 284 g/mol. The van der Waals surface area contributed by atoms with E-state index in [4.69, 9.17) is 0 Å². The Labute approximate surface area is 114 Å². The van der Waals surface area contributed by atoms with E-state index < -0.39 is 11.9 Å². The first kappa shape index (κ1) is 14.5. The maximum Gasteiger partial charge on any atom is 0.435 e. The normalized spacial score (nSPS) is 11.8. The van der Waals surface area contributed by atoms with E-state index in [9.17, 15) is 13.2 Å². The van der Waals surface area contributed by atoms with Gasteiger partial charge in [0.25, 0.3) is 0 Å². The van der Waals surface area contributed by atoms with E-state index >= 15 is 0 Å². The minimum Gasteiger partial charge on any atom is -0.311 e. The van der Waals surface area contributed by atoms with Gasteiger partial charge in [-0.25, -0.2) is 4.68 Å². The van der Waals surface area contributed by atoms with Crippen molar-refractivity contribution in [1.82, 2.24) is 20.1 Å². The van der Waals surface area contributed by atoms with Gasteiger partial charge in [-0.2, -0.15) is 18.3 Å². The quantitative estimate of drug-likeness (QED) is 0.859. The Morgan fingerprint density at radius 2 is 2.10 bits per heavy atom. The lowest BCUT2D eigenvalue weighted by Gasteiger charge is -2.06. The molecule has 2 aromatic heterocycles. The number of alkyl halides is 3. The van der Waals surface area contributed by atoms with Gasteiger partial charge in [-0.05, 0) is 31.2 Å². The largest absolute Gasteiger partial charge is 0.435 e. The molecule has 1 N–H and O–H groups in total. The molecule has 0 saturated carbocycles. The molecule has 4 nitrogen and oxygen atoms in total. The number of hydrogen-bond donors (Lipinski definition) is 1. The minimum absolute atomic E-state index is 0.559. The molecular weight excluding hydrogens is 269 g/mol. The van der Waals surface area contributed by atoms with Gasteiger partial charge in [-0.15, -0.1) is 0 Å². The van der Waals surface area contributed by atoms with Crippen LogP contribution in [0.5, 0.6) is 0 Å². The lowest BCUT2D eigenvalue weighted by Crippen LogP contribution is -2.15. The molecular formula is C13H15F3N4. The average Bonchev–Trinajstić information content (AvgIpc) is 2.89. The molecule has 0 aromatic carbocycles. The van der Waals surface area contributed by atoms with E-state index in [2.05, 4.69) is 22.3 Å². The molecule has 0 atom stereocenters. The van der Waals surface area contributed by atoms with Crippen LogP contribution in [0.15, 0.2) is 30.6 Å². The van der Waals surface area contributed by atoms with Crippen LogP contribution in [0, 0.1) is 0 Å². The van der Waals surface area contributed by atoms with Crippen molar-refractivity contribution in [3.63, 3.8) is 0 Å². The molecule has 2 aromatic rings. The molecule has 0 saturated heterocycles. The van der Waals surface area contributed by atoms with Crippen LogP contribution in [-0.4, -0.2) is 21.3 Å². The summed E-state index contributed by atoms with van der Waals surface area (Å²) in [6.45, 7) is 3.50. The number of hydrogen-bond acceptors (Lipinski definition) is 3. The van der Waals surface area contributed by atoms with E-state index in [1.807, 2.05) is 0 Å². The molecule has 0 radical (unpaired) electrons. The summed E-state index contributed by atoms with van der Waals surface area (Å²) in [6.07, 6.45) is -0.563. The predicted molar refractivity (Wildman–Crippen MR) is 68.4 cm³/mol. The van der Waals surface area contributed by atoms with Crippen LogP contribution < -0.4 is 5.32 Å². The summed E-state index contributed by atoms with van der Waals surface area (Å²) in [5.74, 6) is 0. The summed E-state index contributed by atoms with van der Waals surface area (Å²) in [5.41, 5.74) is 0.420. The number of rotatable bonds is 5. The van der Waals surface area contributed by atoms with Crippen molar-refractivity contribution in [1.29, 1.82) is 0 Å². The van der Waals surface area contributed by atoms with Gasteiger partial charge in [0.15, 0.2) is 5.69 Å². The fourth-order valence-electron chi connectivity index (χ4n) is 1.72. The maximum atomic E-state index is 12.5. The topological polar surface area (TPSA) is 42.7 Å². The molecule has 2 rings (SSSR count). The number of nitrogens with zero attached hydrogens (tertiary/aromatic N) is 3. The van der Waals surface area contributed by atoms with Crippen molar-refractivity contribution >= 4 is 0 Å². The van der Waals surface area contributed by atoms with Crippen molar-refractivity contribution in [3.05, 3.63) is 42.0 Å². The van der Waals surface area contributed by atoms with Gasteiger partial charge in [0.1, 0.15) is 0 Å². The van der Waals surface area contributed by atoms with Crippen molar-refractivity contribution in [2.45, 2.75) is 26.1 Å². The molecule has 108 valence electrons. The third-order valence-corrected chi connectivity index (χ3v) is 2.68. The lowest BCUT2D eigenvalue weighted by molar-refractivity contribution is -0.141. The Hall–Kier alpha value is -1.89. The van der Waals surface area contributed by atoms with Crippen LogP contribution in [0.2, 0.25) is 0 Å². The SMILES string of the molecule is CCCNCc1cc(-n2ccc(C(F)(F)F)n2)ccn1. The first-order valence-corrected chi connectivity index (χ1v) is 6.29. The highest BCUT2D eigenvalue weighted by atomic mass is 19.4. The van der Waals surface area contributed by atoms with Crippen LogP contribution in [0.25, 0.3) is 5.69 Å². The molecule has 0 unspecified atom stereocenters. The van der Waals surface area contributed by atoms with Crippen molar-refractivity contribution < 1.29 is 13.2 Å². The molecule has 0 aliphatic rings. The molecule has 2 heterocycles. The zero-order valence-electron chi connectivity index (χ0n) is 11.0. The van der Waals surface area contributed by atoms with E-state index in [-0.39, 0.29) is 0 Å². The Morgan fingerprint density at radius 3 is 2.75 bits per heavy atom. The number of nitrogens with one attached hydrogen (secondary N) is 1. The highest BCUT2D eigenvalue weighted by molar-refractivity contribution is 5.31. The fraction of sp³-hybridized carbons (Fsp3) is 0.385.